The zero-order valence-electron chi connectivity index (χ0n) is 14.1. The van der Waals surface area contributed by atoms with Crippen LogP contribution in [0.1, 0.15) is 60.8 Å². The quantitative estimate of drug-likeness (QED) is 0.842. The Morgan fingerprint density at radius 3 is 2.75 bits per heavy atom. The van der Waals surface area contributed by atoms with Crippen LogP contribution in [0.4, 0.5) is 0 Å². The lowest BCUT2D eigenvalue weighted by molar-refractivity contribution is -0.120. The Kier molecular flexibility index (Phi) is 4.26. The van der Waals surface area contributed by atoms with Crippen molar-refractivity contribution in [2.24, 2.45) is 11.7 Å². The molecule has 2 atom stereocenters. The minimum atomic E-state index is -0.713. The van der Waals surface area contributed by atoms with E-state index < -0.39 is 11.9 Å². The van der Waals surface area contributed by atoms with E-state index >= 15 is 0 Å². The number of amides is 2. The average molecular weight is 330 g/mol. The van der Waals surface area contributed by atoms with E-state index in [9.17, 15) is 9.59 Å². The molecule has 2 heterocycles. The first-order valence-electron chi connectivity index (χ1n) is 8.29. The van der Waals surface area contributed by atoms with E-state index in [1.807, 2.05) is 13.8 Å². The Hall–Kier alpha value is -2.44. The van der Waals surface area contributed by atoms with Crippen LogP contribution in [0.3, 0.4) is 0 Å². The molecule has 1 aliphatic carbocycles. The molecule has 7 nitrogen and oxygen atoms in total. The maximum Gasteiger partial charge on any atom is 0.259 e. The molecule has 0 radical (unpaired) electrons. The first-order valence-corrected chi connectivity index (χ1v) is 8.29. The summed E-state index contributed by atoms with van der Waals surface area (Å²) in [5.41, 5.74) is 7.69. The summed E-state index contributed by atoms with van der Waals surface area (Å²) in [6.45, 7) is 5.60. The van der Waals surface area contributed by atoms with Gasteiger partial charge < -0.3 is 15.6 Å². The fourth-order valence-corrected chi connectivity index (χ4v) is 2.83. The summed E-state index contributed by atoms with van der Waals surface area (Å²) in [5, 5.41) is 7.27. The topological polar surface area (TPSA) is 111 Å². The van der Waals surface area contributed by atoms with Crippen LogP contribution in [0.15, 0.2) is 10.6 Å². The van der Waals surface area contributed by atoms with E-state index in [1.54, 1.807) is 13.0 Å². The first kappa shape index (κ1) is 16.4. The number of aryl methyl sites for hydroxylation is 1. The molecule has 1 saturated carbocycles. The second-order valence-electron chi connectivity index (χ2n) is 6.56. The number of carbonyl (C=O) groups excluding carboxylic acids is 2. The SMILES string of the molecule is CCC(C)C(NC(=O)c1cc(C2CC2)nc2onc(C)c12)C(N)=O. The lowest BCUT2D eigenvalue weighted by Crippen LogP contribution is -2.48. The second-order valence-corrected chi connectivity index (χ2v) is 6.56. The van der Waals surface area contributed by atoms with Gasteiger partial charge in [0.2, 0.25) is 5.91 Å². The van der Waals surface area contributed by atoms with Gasteiger partial charge in [-0.05, 0) is 31.7 Å². The van der Waals surface area contributed by atoms with Crippen molar-refractivity contribution in [3.05, 3.63) is 23.0 Å². The Bertz CT molecular complexity index is 794. The van der Waals surface area contributed by atoms with Gasteiger partial charge in [0.15, 0.2) is 0 Å². The van der Waals surface area contributed by atoms with E-state index in [2.05, 4.69) is 15.5 Å². The van der Waals surface area contributed by atoms with Crippen LogP contribution in [0.5, 0.6) is 0 Å². The van der Waals surface area contributed by atoms with E-state index in [0.717, 1.165) is 25.0 Å². The highest BCUT2D eigenvalue weighted by molar-refractivity contribution is 6.07. The molecule has 0 aliphatic heterocycles. The molecule has 0 bridgehead atoms. The maximum absolute atomic E-state index is 12.8. The molecule has 2 aromatic heterocycles. The van der Waals surface area contributed by atoms with Gasteiger partial charge in [-0.25, -0.2) is 4.98 Å². The van der Waals surface area contributed by atoms with Crippen molar-refractivity contribution in [3.8, 4) is 0 Å². The van der Waals surface area contributed by atoms with Crippen LogP contribution in [0, 0.1) is 12.8 Å². The summed E-state index contributed by atoms with van der Waals surface area (Å²) < 4.78 is 5.25. The highest BCUT2D eigenvalue weighted by Gasteiger charge is 2.30. The molecule has 7 heteroatoms. The van der Waals surface area contributed by atoms with Gasteiger partial charge in [-0.2, -0.15) is 0 Å². The van der Waals surface area contributed by atoms with Gasteiger partial charge in [-0.15, -0.1) is 0 Å². The van der Waals surface area contributed by atoms with E-state index in [0.29, 0.717) is 28.3 Å². The van der Waals surface area contributed by atoms with Crippen LogP contribution in [-0.2, 0) is 4.79 Å². The van der Waals surface area contributed by atoms with Gasteiger partial charge in [-0.1, -0.05) is 25.4 Å². The number of nitrogens with two attached hydrogens (primary N) is 1. The molecule has 128 valence electrons. The largest absolute Gasteiger partial charge is 0.368 e. The Labute approximate surface area is 140 Å². The van der Waals surface area contributed by atoms with Crippen molar-refractivity contribution < 1.29 is 14.1 Å². The van der Waals surface area contributed by atoms with Gasteiger partial charge in [-0.3, -0.25) is 9.59 Å². The standard InChI is InChI=1S/C17H22N4O3/c1-4-8(2)14(15(18)22)20-16(23)11-7-12(10-5-6-10)19-17-13(11)9(3)21-24-17/h7-8,10,14H,4-6H2,1-3H3,(H2,18,22)(H,20,23). The highest BCUT2D eigenvalue weighted by atomic mass is 16.5. The predicted octanol–water partition coefficient (Wildman–Crippen LogP) is 2.04. The molecule has 3 N–H and O–H groups in total. The number of fused-ring (bicyclic) bond motifs is 1. The van der Waals surface area contributed by atoms with Crippen LogP contribution in [0.25, 0.3) is 11.1 Å². The number of aromatic nitrogens is 2. The van der Waals surface area contributed by atoms with Crippen molar-refractivity contribution >= 4 is 22.9 Å². The molecule has 1 fully saturated rings. The van der Waals surface area contributed by atoms with Crippen LogP contribution < -0.4 is 11.1 Å². The molecule has 3 rings (SSSR count). The van der Waals surface area contributed by atoms with E-state index in [4.69, 9.17) is 10.3 Å². The summed E-state index contributed by atoms with van der Waals surface area (Å²) in [5.74, 6) is -0.560. The van der Waals surface area contributed by atoms with Gasteiger partial charge in [0.05, 0.1) is 16.6 Å². The smallest absolute Gasteiger partial charge is 0.259 e. The summed E-state index contributed by atoms with van der Waals surface area (Å²) in [6, 6.07) is 1.07. The maximum atomic E-state index is 12.8. The van der Waals surface area contributed by atoms with Crippen molar-refractivity contribution in [2.75, 3.05) is 0 Å². The van der Waals surface area contributed by atoms with Gasteiger partial charge in [0, 0.05) is 11.6 Å². The molecule has 0 saturated heterocycles. The molecule has 0 spiro atoms. The van der Waals surface area contributed by atoms with E-state index in [-0.39, 0.29) is 11.8 Å². The fourth-order valence-electron chi connectivity index (χ4n) is 2.83. The molecular formula is C17H22N4O3. The molecule has 2 aromatic rings. The molecule has 24 heavy (non-hydrogen) atoms. The molecule has 1 aliphatic rings. The summed E-state index contributed by atoms with van der Waals surface area (Å²) in [4.78, 5) is 29.0. The lowest BCUT2D eigenvalue weighted by atomic mass is 9.98. The normalized spacial score (nSPS) is 16.8. The second kappa shape index (κ2) is 6.22. The molecule has 2 unspecified atom stereocenters. The minimum Gasteiger partial charge on any atom is -0.368 e. The molecular weight excluding hydrogens is 308 g/mol. The number of nitrogens with one attached hydrogen (secondary N) is 1. The van der Waals surface area contributed by atoms with Gasteiger partial charge in [0.1, 0.15) is 6.04 Å². The number of carbonyl (C=O) groups is 2. The number of hydrogen-bond acceptors (Lipinski definition) is 5. The van der Waals surface area contributed by atoms with Crippen molar-refractivity contribution in [1.29, 1.82) is 0 Å². The zero-order chi connectivity index (χ0) is 17.4. The fraction of sp³-hybridized carbons (Fsp3) is 0.529. The first-order chi connectivity index (χ1) is 11.4. The highest BCUT2D eigenvalue weighted by Crippen LogP contribution is 2.40. The van der Waals surface area contributed by atoms with Gasteiger partial charge >= 0.3 is 0 Å². The van der Waals surface area contributed by atoms with Crippen molar-refractivity contribution in [3.63, 3.8) is 0 Å². The number of primary amides is 1. The predicted molar refractivity (Wildman–Crippen MR) is 88.4 cm³/mol. The van der Waals surface area contributed by atoms with Gasteiger partial charge in [0.25, 0.3) is 11.6 Å². The minimum absolute atomic E-state index is 0.0461. The van der Waals surface area contributed by atoms with Crippen LogP contribution in [-0.4, -0.2) is 28.0 Å². The Morgan fingerprint density at radius 2 is 2.17 bits per heavy atom. The van der Waals surface area contributed by atoms with Crippen molar-refractivity contribution in [2.45, 2.75) is 52.0 Å². The Balaban J connectivity index is 1.99. The number of rotatable bonds is 6. The van der Waals surface area contributed by atoms with Crippen molar-refractivity contribution in [1.82, 2.24) is 15.5 Å². The molecule has 0 aromatic carbocycles. The number of pyridine rings is 1. The number of nitrogens with zero attached hydrogens (tertiary/aromatic N) is 2. The average Bonchev–Trinajstić information content (AvgIpc) is 3.34. The summed E-state index contributed by atoms with van der Waals surface area (Å²) in [7, 11) is 0. The van der Waals surface area contributed by atoms with E-state index in [1.165, 1.54) is 0 Å². The third kappa shape index (κ3) is 2.98. The zero-order valence-corrected chi connectivity index (χ0v) is 14.1. The third-order valence-electron chi connectivity index (χ3n) is 4.68. The third-order valence-corrected chi connectivity index (χ3v) is 4.68. The van der Waals surface area contributed by atoms with Crippen LogP contribution >= 0.6 is 0 Å². The monoisotopic (exact) mass is 330 g/mol. The number of hydrogen-bond donors (Lipinski definition) is 2. The van der Waals surface area contributed by atoms with Crippen LogP contribution in [0.2, 0.25) is 0 Å². The Morgan fingerprint density at radius 1 is 1.46 bits per heavy atom. The summed E-state index contributed by atoms with van der Waals surface area (Å²) in [6.07, 6.45) is 2.85. The summed E-state index contributed by atoms with van der Waals surface area (Å²) >= 11 is 0. The lowest BCUT2D eigenvalue weighted by Gasteiger charge is -2.21. The molecule has 2 amide bonds.